The molecule has 0 radical (unpaired) electrons. The van der Waals surface area contributed by atoms with E-state index in [0.29, 0.717) is 6.04 Å². The van der Waals surface area contributed by atoms with Crippen LogP contribution in [0, 0.1) is 0 Å². The first-order valence-electron chi connectivity index (χ1n) is 4.69. The van der Waals surface area contributed by atoms with Crippen molar-refractivity contribution < 1.29 is 0 Å². The van der Waals surface area contributed by atoms with Crippen molar-refractivity contribution >= 4 is 11.8 Å². The fourth-order valence-electron chi connectivity index (χ4n) is 1.57. The fraction of sp³-hybridized carbons (Fsp3) is 0.667. The number of aromatic nitrogens is 2. The van der Waals surface area contributed by atoms with E-state index < -0.39 is 0 Å². The Labute approximate surface area is 82.9 Å². The van der Waals surface area contributed by atoms with Crippen LogP contribution in [0.1, 0.15) is 12.8 Å². The smallest absolute Gasteiger partial charge is 0.0625 e. The molecule has 0 spiro atoms. The van der Waals surface area contributed by atoms with Gasteiger partial charge in [0.1, 0.15) is 0 Å². The molecule has 1 aromatic heterocycles. The van der Waals surface area contributed by atoms with E-state index in [4.69, 9.17) is 0 Å². The van der Waals surface area contributed by atoms with E-state index in [2.05, 4.69) is 16.6 Å². The number of thioether (sulfide) groups is 1. The summed E-state index contributed by atoms with van der Waals surface area (Å²) in [5.74, 6) is 1.17. The summed E-state index contributed by atoms with van der Waals surface area (Å²) in [6.45, 7) is 1.19. The van der Waals surface area contributed by atoms with Crippen LogP contribution in [-0.4, -0.2) is 28.1 Å². The van der Waals surface area contributed by atoms with Crippen LogP contribution in [-0.2, 0) is 7.05 Å². The molecule has 1 aliphatic rings. The van der Waals surface area contributed by atoms with E-state index in [9.17, 15) is 0 Å². The normalized spacial score (nSPS) is 22.4. The molecule has 0 bridgehead atoms. The third-order valence-electron chi connectivity index (χ3n) is 2.29. The third kappa shape index (κ3) is 2.48. The molecule has 4 heteroatoms. The minimum atomic E-state index is 0.713. The van der Waals surface area contributed by atoms with Gasteiger partial charge in [-0.25, -0.2) is 0 Å². The first-order valence-corrected chi connectivity index (χ1v) is 5.68. The SMILES string of the molecule is Cn1cc(SC[C@@H]2CCCN2)cn1. The van der Waals surface area contributed by atoms with Crippen molar-refractivity contribution in [1.82, 2.24) is 15.1 Å². The summed E-state index contributed by atoms with van der Waals surface area (Å²) in [6.07, 6.45) is 6.66. The number of hydrogen-bond donors (Lipinski definition) is 1. The average Bonchev–Trinajstić information content (AvgIpc) is 2.71. The van der Waals surface area contributed by atoms with E-state index in [-0.39, 0.29) is 0 Å². The van der Waals surface area contributed by atoms with E-state index in [1.807, 2.05) is 29.7 Å². The second-order valence-electron chi connectivity index (χ2n) is 3.45. The van der Waals surface area contributed by atoms with Gasteiger partial charge in [-0.3, -0.25) is 4.68 Å². The Kier molecular flexibility index (Phi) is 2.90. The van der Waals surface area contributed by atoms with Crippen molar-refractivity contribution in [1.29, 1.82) is 0 Å². The molecule has 1 atom stereocenters. The van der Waals surface area contributed by atoms with Crippen LogP contribution in [0.3, 0.4) is 0 Å². The summed E-state index contributed by atoms with van der Waals surface area (Å²) in [5, 5.41) is 7.62. The summed E-state index contributed by atoms with van der Waals surface area (Å²) in [5.41, 5.74) is 0. The van der Waals surface area contributed by atoms with E-state index in [0.717, 1.165) is 0 Å². The molecular formula is C9H15N3S. The van der Waals surface area contributed by atoms with E-state index >= 15 is 0 Å². The highest BCUT2D eigenvalue weighted by molar-refractivity contribution is 7.99. The van der Waals surface area contributed by atoms with Gasteiger partial charge >= 0.3 is 0 Å². The molecule has 2 rings (SSSR count). The van der Waals surface area contributed by atoms with Gasteiger partial charge in [-0.15, -0.1) is 11.8 Å². The van der Waals surface area contributed by atoms with Gasteiger partial charge in [0.25, 0.3) is 0 Å². The van der Waals surface area contributed by atoms with Crippen LogP contribution >= 0.6 is 11.8 Å². The fourth-order valence-corrected chi connectivity index (χ4v) is 2.60. The second kappa shape index (κ2) is 4.15. The van der Waals surface area contributed by atoms with Gasteiger partial charge in [0, 0.05) is 29.9 Å². The Morgan fingerprint density at radius 1 is 1.77 bits per heavy atom. The van der Waals surface area contributed by atoms with Crippen molar-refractivity contribution in [3.63, 3.8) is 0 Å². The second-order valence-corrected chi connectivity index (χ2v) is 4.55. The van der Waals surface area contributed by atoms with Crippen molar-refractivity contribution in [2.75, 3.05) is 12.3 Å². The molecule has 1 aliphatic heterocycles. The lowest BCUT2D eigenvalue weighted by molar-refractivity contribution is 0.674. The third-order valence-corrected chi connectivity index (χ3v) is 3.41. The minimum absolute atomic E-state index is 0.713. The standard InChI is InChI=1S/C9H15N3S/c1-12-6-9(5-11-12)13-7-8-3-2-4-10-8/h5-6,8,10H,2-4,7H2,1H3/t8-/m0/s1. The summed E-state index contributed by atoms with van der Waals surface area (Å²) in [7, 11) is 1.96. The molecule has 0 saturated carbocycles. The highest BCUT2D eigenvalue weighted by Crippen LogP contribution is 2.20. The van der Waals surface area contributed by atoms with Gasteiger partial charge in [0.2, 0.25) is 0 Å². The molecule has 1 saturated heterocycles. The van der Waals surface area contributed by atoms with Crippen molar-refractivity contribution in [2.45, 2.75) is 23.8 Å². The Hall–Kier alpha value is -0.480. The van der Waals surface area contributed by atoms with Crippen molar-refractivity contribution in [3.05, 3.63) is 12.4 Å². The van der Waals surface area contributed by atoms with Crippen LogP contribution in [0.2, 0.25) is 0 Å². The number of aryl methyl sites for hydroxylation is 1. The maximum absolute atomic E-state index is 4.14. The van der Waals surface area contributed by atoms with Crippen LogP contribution < -0.4 is 5.32 Å². The van der Waals surface area contributed by atoms with E-state index in [1.54, 1.807) is 0 Å². The van der Waals surface area contributed by atoms with Gasteiger partial charge in [0.05, 0.1) is 6.20 Å². The maximum Gasteiger partial charge on any atom is 0.0625 e. The van der Waals surface area contributed by atoms with Crippen molar-refractivity contribution in [3.8, 4) is 0 Å². The molecule has 0 aromatic carbocycles. The van der Waals surface area contributed by atoms with Gasteiger partial charge in [-0.1, -0.05) is 0 Å². The van der Waals surface area contributed by atoms with Gasteiger partial charge < -0.3 is 5.32 Å². The molecule has 0 aliphatic carbocycles. The Balaban J connectivity index is 1.78. The first-order chi connectivity index (χ1) is 6.34. The van der Waals surface area contributed by atoms with Crippen molar-refractivity contribution in [2.24, 2.45) is 7.05 Å². The lowest BCUT2D eigenvalue weighted by atomic mass is 10.3. The number of nitrogens with one attached hydrogen (secondary N) is 1. The molecule has 1 aromatic rings. The average molecular weight is 197 g/mol. The Morgan fingerprint density at radius 3 is 3.31 bits per heavy atom. The molecule has 72 valence electrons. The van der Waals surface area contributed by atoms with Crippen LogP contribution in [0.25, 0.3) is 0 Å². The van der Waals surface area contributed by atoms with Gasteiger partial charge in [0.15, 0.2) is 0 Å². The predicted octanol–water partition coefficient (Wildman–Crippen LogP) is 1.26. The molecule has 1 N–H and O–H groups in total. The largest absolute Gasteiger partial charge is 0.313 e. The summed E-state index contributed by atoms with van der Waals surface area (Å²) in [6, 6.07) is 0.713. The Bertz CT molecular complexity index is 266. The molecule has 0 unspecified atom stereocenters. The molecule has 13 heavy (non-hydrogen) atoms. The lowest BCUT2D eigenvalue weighted by Crippen LogP contribution is -2.23. The highest BCUT2D eigenvalue weighted by atomic mass is 32.2. The highest BCUT2D eigenvalue weighted by Gasteiger charge is 2.13. The lowest BCUT2D eigenvalue weighted by Gasteiger charge is -2.07. The maximum atomic E-state index is 4.14. The van der Waals surface area contributed by atoms with Crippen LogP contribution in [0.5, 0.6) is 0 Å². The summed E-state index contributed by atoms with van der Waals surface area (Å²) < 4.78 is 1.85. The zero-order valence-electron chi connectivity index (χ0n) is 7.86. The zero-order chi connectivity index (χ0) is 9.10. The molecule has 1 fully saturated rings. The minimum Gasteiger partial charge on any atom is -0.313 e. The first kappa shape index (κ1) is 9.09. The molecular weight excluding hydrogens is 182 g/mol. The molecule has 3 nitrogen and oxygen atoms in total. The number of rotatable bonds is 3. The van der Waals surface area contributed by atoms with Crippen LogP contribution in [0.15, 0.2) is 17.3 Å². The summed E-state index contributed by atoms with van der Waals surface area (Å²) in [4.78, 5) is 1.27. The monoisotopic (exact) mass is 197 g/mol. The Morgan fingerprint density at radius 2 is 2.69 bits per heavy atom. The van der Waals surface area contributed by atoms with Gasteiger partial charge in [-0.2, -0.15) is 5.10 Å². The predicted molar refractivity (Wildman–Crippen MR) is 55.0 cm³/mol. The zero-order valence-corrected chi connectivity index (χ0v) is 8.68. The number of hydrogen-bond acceptors (Lipinski definition) is 3. The van der Waals surface area contributed by atoms with E-state index in [1.165, 1.54) is 30.0 Å². The van der Waals surface area contributed by atoms with Gasteiger partial charge in [-0.05, 0) is 19.4 Å². The molecule has 2 heterocycles. The summed E-state index contributed by atoms with van der Waals surface area (Å²) >= 11 is 1.89. The quantitative estimate of drug-likeness (QED) is 0.740. The molecule has 0 amide bonds. The number of nitrogens with zero attached hydrogens (tertiary/aromatic N) is 2. The van der Waals surface area contributed by atoms with Crippen LogP contribution in [0.4, 0.5) is 0 Å². The topological polar surface area (TPSA) is 29.9 Å².